The number of alkyl halides is 3. The van der Waals surface area contributed by atoms with Gasteiger partial charge in [0.15, 0.2) is 6.10 Å². The van der Waals surface area contributed by atoms with Gasteiger partial charge in [0.1, 0.15) is 5.75 Å². The number of likely N-dealkylation sites (N-methyl/N-ethyl adjacent to an activating group) is 1. The molecule has 1 aliphatic heterocycles. The van der Waals surface area contributed by atoms with Crippen molar-refractivity contribution in [3.8, 4) is 5.75 Å². The van der Waals surface area contributed by atoms with E-state index in [9.17, 15) is 22.8 Å². The van der Waals surface area contributed by atoms with Gasteiger partial charge in [0, 0.05) is 38.2 Å². The molecule has 216 valence electrons. The van der Waals surface area contributed by atoms with Crippen LogP contribution in [0.4, 0.5) is 18.9 Å². The molecule has 1 amide bonds. The zero-order chi connectivity index (χ0) is 29.6. The maximum absolute atomic E-state index is 14.2. The van der Waals surface area contributed by atoms with Crippen molar-refractivity contribution in [2.45, 2.75) is 31.5 Å². The number of carbonyl (C=O) groups is 2. The van der Waals surface area contributed by atoms with Gasteiger partial charge in [-0.3, -0.25) is 9.59 Å². The number of benzene rings is 3. The number of rotatable bonds is 9. The van der Waals surface area contributed by atoms with Crippen LogP contribution in [0.3, 0.4) is 0 Å². The molecule has 0 aliphatic carbocycles. The van der Waals surface area contributed by atoms with Gasteiger partial charge in [-0.25, -0.2) is 0 Å². The molecular formula is C32H33F3N2O4. The average molecular weight is 567 g/mol. The molecule has 0 saturated heterocycles. The standard InChI is InChI=1S/C32H33F3N2O4/c1-22(38)41-30-26(24-14-16-25(40-3)17-15-24)21-27-28(32(33,34)35)12-7-13-29(27)37(31(30)39)20-19-36(2)18-8-11-23-9-5-4-6-10-23/h4-17,26,30H,18-21H2,1-3H3. The molecule has 2 unspecified atom stereocenters. The second kappa shape index (κ2) is 13.0. The minimum atomic E-state index is -4.63. The molecule has 0 spiro atoms. The largest absolute Gasteiger partial charge is 0.497 e. The first kappa shape index (κ1) is 29.9. The van der Waals surface area contributed by atoms with Gasteiger partial charge < -0.3 is 19.3 Å². The highest BCUT2D eigenvalue weighted by molar-refractivity contribution is 6.00. The van der Waals surface area contributed by atoms with Crippen molar-refractivity contribution >= 4 is 23.6 Å². The lowest BCUT2D eigenvalue weighted by Crippen LogP contribution is -2.45. The van der Waals surface area contributed by atoms with Crippen molar-refractivity contribution in [3.05, 3.63) is 101 Å². The Morgan fingerprint density at radius 3 is 2.39 bits per heavy atom. The summed E-state index contributed by atoms with van der Waals surface area (Å²) in [5.74, 6) is -1.53. The number of anilines is 1. The molecule has 0 saturated carbocycles. The van der Waals surface area contributed by atoms with Crippen LogP contribution in [-0.2, 0) is 26.9 Å². The summed E-state index contributed by atoms with van der Waals surface area (Å²) in [7, 11) is 3.37. The zero-order valence-corrected chi connectivity index (χ0v) is 23.2. The molecular weight excluding hydrogens is 533 g/mol. The maximum Gasteiger partial charge on any atom is 0.416 e. The first-order chi connectivity index (χ1) is 19.6. The van der Waals surface area contributed by atoms with Gasteiger partial charge in [-0.1, -0.05) is 60.7 Å². The number of fused-ring (bicyclic) bond motifs is 1. The van der Waals surface area contributed by atoms with Crippen molar-refractivity contribution in [2.24, 2.45) is 0 Å². The van der Waals surface area contributed by atoms with E-state index in [-0.39, 0.29) is 24.2 Å². The van der Waals surface area contributed by atoms with E-state index in [1.165, 1.54) is 31.1 Å². The number of methoxy groups -OCH3 is 1. The summed E-state index contributed by atoms with van der Waals surface area (Å²) in [6.07, 6.45) is -2.12. The molecule has 9 heteroatoms. The van der Waals surface area contributed by atoms with Crippen molar-refractivity contribution in [3.63, 3.8) is 0 Å². The summed E-state index contributed by atoms with van der Waals surface area (Å²) in [5.41, 5.74) is 0.972. The quantitative estimate of drug-likeness (QED) is 0.299. The fourth-order valence-electron chi connectivity index (χ4n) is 5.06. The van der Waals surface area contributed by atoms with E-state index in [0.717, 1.165) is 11.6 Å². The Bertz CT molecular complexity index is 1370. The Labute approximate surface area is 238 Å². The van der Waals surface area contributed by atoms with Gasteiger partial charge in [0.2, 0.25) is 0 Å². The Kier molecular flexibility index (Phi) is 9.50. The van der Waals surface area contributed by atoms with Gasteiger partial charge >= 0.3 is 12.1 Å². The number of halogens is 3. The molecule has 0 bridgehead atoms. The SMILES string of the molecule is COc1ccc(C2Cc3c(cccc3C(F)(F)F)N(CCN(C)CC=Cc3ccccc3)C(=O)C2OC(C)=O)cc1. The Hall–Kier alpha value is -4.11. The van der Waals surface area contributed by atoms with Crippen LogP contribution in [0.1, 0.15) is 35.1 Å². The summed E-state index contributed by atoms with van der Waals surface area (Å²) < 4.78 is 53.5. The monoisotopic (exact) mass is 566 g/mol. The third-order valence-electron chi connectivity index (χ3n) is 7.12. The second-order valence-corrected chi connectivity index (χ2v) is 9.98. The van der Waals surface area contributed by atoms with Crippen LogP contribution in [0.25, 0.3) is 6.08 Å². The number of esters is 1. The Morgan fingerprint density at radius 2 is 1.76 bits per heavy atom. The summed E-state index contributed by atoms with van der Waals surface area (Å²) in [4.78, 5) is 29.5. The molecule has 2 atom stereocenters. The van der Waals surface area contributed by atoms with Gasteiger partial charge in [0.05, 0.1) is 12.7 Å². The fourth-order valence-corrected chi connectivity index (χ4v) is 5.06. The Balaban J connectivity index is 1.68. The van der Waals surface area contributed by atoms with Crippen LogP contribution in [0.15, 0.2) is 78.9 Å². The molecule has 3 aromatic carbocycles. The van der Waals surface area contributed by atoms with E-state index in [2.05, 4.69) is 0 Å². The summed E-state index contributed by atoms with van der Waals surface area (Å²) in [6, 6.07) is 20.4. The predicted molar refractivity (Wildman–Crippen MR) is 152 cm³/mol. The third kappa shape index (κ3) is 7.35. The molecule has 0 fully saturated rings. The minimum absolute atomic E-state index is 0.00422. The van der Waals surface area contributed by atoms with Crippen LogP contribution < -0.4 is 9.64 Å². The average Bonchev–Trinajstić information content (AvgIpc) is 3.06. The number of hydrogen-bond acceptors (Lipinski definition) is 5. The molecule has 6 nitrogen and oxygen atoms in total. The number of hydrogen-bond donors (Lipinski definition) is 0. The van der Waals surface area contributed by atoms with E-state index < -0.39 is 35.6 Å². The van der Waals surface area contributed by atoms with Crippen LogP contribution in [0.5, 0.6) is 5.75 Å². The minimum Gasteiger partial charge on any atom is -0.497 e. The number of carbonyl (C=O) groups excluding carboxylic acids is 2. The van der Waals surface area contributed by atoms with Gasteiger partial charge in [-0.2, -0.15) is 13.2 Å². The van der Waals surface area contributed by atoms with Gasteiger partial charge in [0.25, 0.3) is 5.91 Å². The lowest BCUT2D eigenvalue weighted by molar-refractivity contribution is -0.154. The van der Waals surface area contributed by atoms with Crippen LogP contribution >= 0.6 is 0 Å². The number of nitrogens with zero attached hydrogens (tertiary/aromatic N) is 2. The van der Waals surface area contributed by atoms with E-state index in [1.54, 1.807) is 24.3 Å². The molecule has 0 radical (unpaired) electrons. The topological polar surface area (TPSA) is 59.1 Å². The fraction of sp³-hybridized carbons (Fsp3) is 0.312. The number of ether oxygens (including phenoxy) is 2. The Morgan fingerprint density at radius 1 is 1.05 bits per heavy atom. The number of amides is 1. The molecule has 0 N–H and O–H groups in total. The summed E-state index contributed by atoms with van der Waals surface area (Å²) >= 11 is 0. The normalized spacial score (nSPS) is 17.4. The first-order valence-corrected chi connectivity index (χ1v) is 13.3. The molecule has 0 aromatic heterocycles. The predicted octanol–water partition coefficient (Wildman–Crippen LogP) is 5.96. The molecule has 3 aromatic rings. The van der Waals surface area contributed by atoms with Gasteiger partial charge in [-0.15, -0.1) is 0 Å². The third-order valence-corrected chi connectivity index (χ3v) is 7.12. The van der Waals surface area contributed by atoms with E-state index in [1.807, 2.05) is 54.4 Å². The van der Waals surface area contributed by atoms with E-state index >= 15 is 0 Å². The van der Waals surface area contributed by atoms with E-state index in [0.29, 0.717) is 24.4 Å². The summed E-state index contributed by atoms with van der Waals surface area (Å²) in [5, 5.41) is 0. The van der Waals surface area contributed by atoms with Crippen molar-refractivity contribution in [1.29, 1.82) is 0 Å². The van der Waals surface area contributed by atoms with Crippen molar-refractivity contribution < 1.29 is 32.2 Å². The van der Waals surface area contributed by atoms with Crippen LogP contribution in [0.2, 0.25) is 0 Å². The highest BCUT2D eigenvalue weighted by atomic mass is 19.4. The van der Waals surface area contributed by atoms with Crippen molar-refractivity contribution in [1.82, 2.24) is 4.90 Å². The first-order valence-electron chi connectivity index (χ1n) is 13.3. The van der Waals surface area contributed by atoms with Crippen molar-refractivity contribution in [2.75, 3.05) is 38.7 Å². The molecule has 41 heavy (non-hydrogen) atoms. The van der Waals surface area contributed by atoms with Crippen LogP contribution in [0, 0.1) is 0 Å². The van der Waals surface area contributed by atoms with E-state index in [4.69, 9.17) is 9.47 Å². The molecule has 4 rings (SSSR count). The lowest BCUT2D eigenvalue weighted by atomic mass is 9.86. The highest BCUT2D eigenvalue weighted by Crippen LogP contribution is 2.43. The van der Waals surface area contributed by atoms with Crippen LogP contribution in [-0.4, -0.2) is 56.7 Å². The maximum atomic E-state index is 14.2. The molecule has 1 heterocycles. The summed E-state index contributed by atoms with van der Waals surface area (Å²) in [6.45, 7) is 2.24. The second-order valence-electron chi connectivity index (χ2n) is 9.98. The zero-order valence-electron chi connectivity index (χ0n) is 23.2. The van der Waals surface area contributed by atoms with Gasteiger partial charge in [-0.05, 0) is 54.4 Å². The smallest absolute Gasteiger partial charge is 0.416 e. The lowest BCUT2D eigenvalue weighted by Gasteiger charge is -2.29. The highest BCUT2D eigenvalue weighted by Gasteiger charge is 2.44. The molecule has 1 aliphatic rings.